The average molecular weight is 391 g/mol. The highest BCUT2D eigenvalue weighted by atomic mass is 32.2. The summed E-state index contributed by atoms with van der Waals surface area (Å²) >= 11 is 0. The van der Waals surface area contributed by atoms with Crippen LogP contribution >= 0.6 is 0 Å². The van der Waals surface area contributed by atoms with Crippen LogP contribution in [0.15, 0.2) is 44.9 Å². The number of hydrogen-bond acceptors (Lipinski definition) is 4. The number of hydrogen-bond donors (Lipinski definition) is 0. The molecule has 0 aliphatic heterocycles. The highest BCUT2D eigenvalue weighted by Gasteiger charge is 2.35. The molecule has 3 rings (SSSR count). The number of sulfonamides is 1. The summed E-state index contributed by atoms with van der Waals surface area (Å²) in [5, 5.41) is 0. The van der Waals surface area contributed by atoms with Crippen LogP contribution in [-0.4, -0.2) is 34.4 Å². The van der Waals surface area contributed by atoms with Crippen LogP contribution in [0, 0.1) is 0 Å². The summed E-state index contributed by atoms with van der Waals surface area (Å²) in [6.07, 6.45) is 3.93. The summed E-state index contributed by atoms with van der Waals surface area (Å²) in [5.41, 5.74) is 1.07. The van der Waals surface area contributed by atoms with Gasteiger partial charge in [0.2, 0.25) is 10.0 Å². The highest BCUT2D eigenvalue weighted by molar-refractivity contribution is 7.89. The van der Waals surface area contributed by atoms with E-state index in [2.05, 4.69) is 6.07 Å². The number of aryl methyl sites for hydroxylation is 2. The monoisotopic (exact) mass is 391 g/mol. The zero-order valence-electron chi connectivity index (χ0n) is 15.9. The number of fused-ring (bicyclic) bond motifs is 1. The van der Waals surface area contributed by atoms with Crippen LogP contribution in [0.4, 0.5) is 0 Å². The molecule has 0 bridgehead atoms. The van der Waals surface area contributed by atoms with Crippen molar-refractivity contribution in [2.24, 2.45) is 14.1 Å². The lowest BCUT2D eigenvalue weighted by Gasteiger charge is -2.34. The summed E-state index contributed by atoms with van der Waals surface area (Å²) in [5.74, 6) is 0. The maximum atomic E-state index is 13.4. The predicted octanol–water partition coefficient (Wildman–Crippen LogP) is 1.04. The van der Waals surface area contributed by atoms with Crippen LogP contribution in [0.2, 0.25) is 0 Å². The first-order chi connectivity index (χ1) is 12.8. The average Bonchev–Trinajstić information content (AvgIpc) is 2.66. The van der Waals surface area contributed by atoms with Gasteiger partial charge in [0.1, 0.15) is 0 Å². The third-order valence-corrected chi connectivity index (χ3v) is 7.11. The Kier molecular flexibility index (Phi) is 5.39. The normalized spacial score (nSPS) is 17.1. The SMILES string of the molecule is CCCN([C@H]1CCc2ccccc2C1)S(=O)(=O)c1cn(C)c(=O)n(C)c1=O. The number of nitrogens with zero attached hydrogens (tertiary/aromatic N) is 3. The van der Waals surface area contributed by atoms with Crippen molar-refractivity contribution < 1.29 is 8.42 Å². The van der Waals surface area contributed by atoms with Gasteiger partial charge in [0.05, 0.1) is 0 Å². The molecule has 1 aromatic carbocycles. The van der Waals surface area contributed by atoms with E-state index in [1.54, 1.807) is 0 Å². The Labute approximate surface area is 158 Å². The van der Waals surface area contributed by atoms with Gasteiger partial charge in [-0.2, -0.15) is 4.31 Å². The van der Waals surface area contributed by atoms with E-state index in [4.69, 9.17) is 0 Å². The molecule has 8 heteroatoms. The van der Waals surface area contributed by atoms with Crippen molar-refractivity contribution in [1.82, 2.24) is 13.4 Å². The van der Waals surface area contributed by atoms with Gasteiger partial charge in [-0.15, -0.1) is 0 Å². The van der Waals surface area contributed by atoms with Crippen LogP contribution < -0.4 is 11.2 Å². The largest absolute Gasteiger partial charge is 0.330 e. The fraction of sp³-hybridized carbons (Fsp3) is 0.474. The minimum Gasteiger partial charge on any atom is -0.302 e. The lowest BCUT2D eigenvalue weighted by atomic mass is 9.88. The molecule has 0 radical (unpaired) electrons. The van der Waals surface area contributed by atoms with Gasteiger partial charge in [0, 0.05) is 32.9 Å². The molecular formula is C19H25N3O4S. The van der Waals surface area contributed by atoms with Gasteiger partial charge in [-0.05, 0) is 36.8 Å². The van der Waals surface area contributed by atoms with E-state index in [0.29, 0.717) is 25.8 Å². The number of aromatic nitrogens is 2. The standard InChI is InChI=1S/C19H25N3O4S/c1-4-11-22(16-10-9-14-7-5-6-8-15(14)12-16)27(25,26)17-13-20(2)19(24)21(3)18(17)23/h5-8,13,16H,4,9-12H2,1-3H3/t16-/m0/s1. The Morgan fingerprint density at radius 3 is 2.48 bits per heavy atom. The molecule has 0 saturated heterocycles. The van der Waals surface area contributed by atoms with E-state index >= 15 is 0 Å². The van der Waals surface area contributed by atoms with Crippen molar-refractivity contribution in [2.45, 2.75) is 43.5 Å². The molecule has 0 unspecified atom stereocenters. The summed E-state index contributed by atoms with van der Waals surface area (Å²) in [6, 6.07) is 7.86. The summed E-state index contributed by atoms with van der Waals surface area (Å²) in [6.45, 7) is 2.25. The fourth-order valence-electron chi connectivity index (χ4n) is 3.72. The van der Waals surface area contributed by atoms with Crippen molar-refractivity contribution in [3.8, 4) is 0 Å². The maximum absolute atomic E-state index is 13.4. The first kappa shape index (κ1) is 19.6. The Hall–Kier alpha value is -2.19. The molecule has 2 aromatic rings. The van der Waals surface area contributed by atoms with E-state index < -0.39 is 21.3 Å². The second-order valence-corrected chi connectivity index (χ2v) is 8.89. The Balaban J connectivity index is 2.05. The molecule has 1 atom stereocenters. The van der Waals surface area contributed by atoms with Gasteiger partial charge in [-0.1, -0.05) is 31.2 Å². The molecule has 7 nitrogen and oxygen atoms in total. The first-order valence-corrected chi connectivity index (χ1v) is 10.6. The predicted molar refractivity (Wildman–Crippen MR) is 103 cm³/mol. The van der Waals surface area contributed by atoms with Gasteiger partial charge in [0.25, 0.3) is 5.56 Å². The van der Waals surface area contributed by atoms with Gasteiger partial charge in [-0.25, -0.2) is 13.2 Å². The van der Waals surface area contributed by atoms with Crippen molar-refractivity contribution in [1.29, 1.82) is 0 Å². The van der Waals surface area contributed by atoms with E-state index in [0.717, 1.165) is 27.3 Å². The summed E-state index contributed by atoms with van der Waals surface area (Å²) in [7, 11) is -1.27. The van der Waals surface area contributed by atoms with Crippen molar-refractivity contribution in [2.75, 3.05) is 6.54 Å². The van der Waals surface area contributed by atoms with Gasteiger partial charge >= 0.3 is 5.69 Å². The zero-order valence-corrected chi connectivity index (χ0v) is 16.7. The minimum absolute atomic E-state index is 0.202. The zero-order chi connectivity index (χ0) is 19.8. The molecule has 1 aliphatic rings. The summed E-state index contributed by atoms with van der Waals surface area (Å²) < 4.78 is 30.2. The number of rotatable bonds is 5. The summed E-state index contributed by atoms with van der Waals surface area (Å²) in [4.78, 5) is 24.1. The molecule has 0 fully saturated rings. The van der Waals surface area contributed by atoms with Gasteiger partial charge in [0.15, 0.2) is 4.90 Å². The molecule has 1 aromatic heterocycles. The first-order valence-electron chi connectivity index (χ1n) is 9.12. The quantitative estimate of drug-likeness (QED) is 0.763. The Morgan fingerprint density at radius 1 is 1.15 bits per heavy atom. The molecule has 1 heterocycles. The minimum atomic E-state index is -4.02. The molecule has 0 saturated carbocycles. The van der Waals surface area contributed by atoms with Crippen molar-refractivity contribution in [3.05, 3.63) is 62.4 Å². The lowest BCUT2D eigenvalue weighted by Crippen LogP contribution is -2.47. The topological polar surface area (TPSA) is 81.4 Å². The van der Waals surface area contributed by atoms with Gasteiger partial charge < -0.3 is 4.57 Å². The molecule has 0 amide bonds. The molecule has 1 aliphatic carbocycles. The Bertz CT molecular complexity index is 1070. The second-order valence-electron chi connectivity index (χ2n) is 7.03. The van der Waals surface area contributed by atoms with E-state index in [-0.39, 0.29) is 10.9 Å². The van der Waals surface area contributed by atoms with E-state index in [1.807, 2.05) is 25.1 Å². The fourth-order valence-corrected chi connectivity index (χ4v) is 5.62. The molecule has 0 N–H and O–H groups in total. The van der Waals surface area contributed by atoms with Crippen LogP contribution in [0.5, 0.6) is 0 Å². The van der Waals surface area contributed by atoms with Crippen LogP contribution in [0.1, 0.15) is 30.9 Å². The second kappa shape index (κ2) is 7.44. The van der Waals surface area contributed by atoms with E-state index in [9.17, 15) is 18.0 Å². The highest BCUT2D eigenvalue weighted by Crippen LogP contribution is 2.27. The van der Waals surface area contributed by atoms with Crippen molar-refractivity contribution >= 4 is 10.0 Å². The van der Waals surface area contributed by atoms with Crippen LogP contribution in [-0.2, 0) is 37.0 Å². The smallest absolute Gasteiger partial charge is 0.302 e. The third-order valence-electron chi connectivity index (χ3n) is 5.17. The lowest BCUT2D eigenvalue weighted by molar-refractivity contribution is 0.292. The van der Waals surface area contributed by atoms with E-state index in [1.165, 1.54) is 24.0 Å². The molecule has 0 spiro atoms. The number of benzene rings is 1. The van der Waals surface area contributed by atoms with Crippen LogP contribution in [0.25, 0.3) is 0 Å². The maximum Gasteiger partial charge on any atom is 0.330 e. The van der Waals surface area contributed by atoms with Crippen molar-refractivity contribution in [3.63, 3.8) is 0 Å². The van der Waals surface area contributed by atoms with Crippen LogP contribution in [0.3, 0.4) is 0 Å². The third kappa shape index (κ3) is 3.51. The Morgan fingerprint density at radius 2 is 1.81 bits per heavy atom. The van der Waals surface area contributed by atoms with Gasteiger partial charge in [-0.3, -0.25) is 9.36 Å². The molecule has 146 valence electrons. The molecular weight excluding hydrogens is 366 g/mol. The molecule has 27 heavy (non-hydrogen) atoms.